The van der Waals surface area contributed by atoms with Crippen LogP contribution in [0.2, 0.25) is 0 Å². The molecule has 1 aliphatic carbocycles. The zero-order valence-electron chi connectivity index (χ0n) is 12.0. The summed E-state index contributed by atoms with van der Waals surface area (Å²) in [6.07, 6.45) is 1.63. The maximum atomic E-state index is 12.6. The highest BCUT2D eigenvalue weighted by atomic mass is 32.2. The number of rotatable bonds is 3. The summed E-state index contributed by atoms with van der Waals surface area (Å²) in [5, 5.41) is 0. The zero-order chi connectivity index (χ0) is 15.2. The first kappa shape index (κ1) is 14.6. The summed E-state index contributed by atoms with van der Waals surface area (Å²) in [6, 6.07) is 7.26. The van der Waals surface area contributed by atoms with Gasteiger partial charge in [-0.05, 0) is 56.0 Å². The lowest BCUT2D eigenvalue weighted by Gasteiger charge is -2.14. The summed E-state index contributed by atoms with van der Waals surface area (Å²) in [5.74, 6) is 0. The smallest absolute Gasteiger partial charge is 0.242 e. The Balaban J connectivity index is 1.90. The van der Waals surface area contributed by atoms with Gasteiger partial charge >= 0.3 is 0 Å². The highest BCUT2D eigenvalue weighted by Crippen LogP contribution is 2.34. The van der Waals surface area contributed by atoms with Gasteiger partial charge in [-0.2, -0.15) is 0 Å². The van der Waals surface area contributed by atoms with E-state index in [0.717, 1.165) is 39.4 Å². The van der Waals surface area contributed by atoms with Crippen molar-refractivity contribution in [1.29, 1.82) is 0 Å². The summed E-state index contributed by atoms with van der Waals surface area (Å²) < 4.78 is 28.0. The monoisotopic (exact) mass is 322 g/mol. The van der Waals surface area contributed by atoms with Crippen LogP contribution in [-0.4, -0.2) is 8.42 Å². The Morgan fingerprint density at radius 2 is 2.05 bits per heavy atom. The van der Waals surface area contributed by atoms with Crippen LogP contribution in [-0.2, 0) is 16.4 Å². The molecule has 3 rings (SSSR count). The van der Waals surface area contributed by atoms with Crippen molar-refractivity contribution in [2.24, 2.45) is 0 Å². The summed E-state index contributed by atoms with van der Waals surface area (Å²) in [6.45, 7) is 3.76. The molecule has 0 bridgehead atoms. The number of aryl methyl sites for hydroxylation is 3. The molecule has 0 radical (unpaired) electrons. The van der Waals surface area contributed by atoms with Crippen LogP contribution in [0, 0.1) is 13.8 Å². The number of nitrogen functional groups attached to an aromatic ring is 1. The number of fused-ring (bicyclic) bond motifs is 1. The Morgan fingerprint density at radius 1 is 1.29 bits per heavy atom. The highest BCUT2D eigenvalue weighted by molar-refractivity contribution is 7.89. The standard InChI is InChI=1S/C15H18N2O2S2/c1-9-7-15(10(2)20-9)21(18,19)17-14-6-3-11-8-12(16)4-5-13(11)14/h4-5,7-8,14,17H,3,6,16H2,1-2H3. The molecule has 112 valence electrons. The number of thiophene rings is 1. The van der Waals surface area contributed by atoms with Crippen LogP contribution < -0.4 is 10.5 Å². The van der Waals surface area contributed by atoms with Crippen LogP contribution in [0.3, 0.4) is 0 Å². The molecule has 1 atom stereocenters. The fourth-order valence-corrected chi connectivity index (χ4v) is 5.69. The van der Waals surface area contributed by atoms with E-state index in [1.165, 1.54) is 11.3 Å². The quantitative estimate of drug-likeness (QED) is 0.854. The molecule has 0 fully saturated rings. The predicted octanol–water partition coefficient (Wildman–Crippen LogP) is 2.91. The lowest BCUT2D eigenvalue weighted by atomic mass is 10.1. The van der Waals surface area contributed by atoms with Crippen molar-refractivity contribution in [1.82, 2.24) is 4.72 Å². The predicted molar refractivity (Wildman–Crippen MR) is 86.0 cm³/mol. The molecule has 0 saturated carbocycles. The minimum atomic E-state index is -3.48. The Kier molecular flexibility index (Phi) is 3.55. The Morgan fingerprint density at radius 3 is 2.71 bits per heavy atom. The van der Waals surface area contributed by atoms with Gasteiger partial charge < -0.3 is 5.73 Å². The molecule has 1 unspecified atom stereocenters. The molecule has 1 heterocycles. The van der Waals surface area contributed by atoms with Gasteiger partial charge in [0.2, 0.25) is 10.0 Å². The van der Waals surface area contributed by atoms with Crippen molar-refractivity contribution in [3.63, 3.8) is 0 Å². The molecule has 4 nitrogen and oxygen atoms in total. The van der Waals surface area contributed by atoms with Crippen molar-refractivity contribution in [2.45, 2.75) is 37.6 Å². The van der Waals surface area contributed by atoms with Gasteiger partial charge in [0, 0.05) is 21.5 Å². The zero-order valence-corrected chi connectivity index (χ0v) is 13.6. The van der Waals surface area contributed by atoms with E-state index in [1.807, 2.05) is 32.0 Å². The summed E-state index contributed by atoms with van der Waals surface area (Å²) >= 11 is 1.51. The van der Waals surface area contributed by atoms with Gasteiger partial charge in [-0.3, -0.25) is 0 Å². The number of anilines is 1. The molecule has 0 saturated heterocycles. The van der Waals surface area contributed by atoms with Gasteiger partial charge in [-0.25, -0.2) is 13.1 Å². The third kappa shape index (κ3) is 2.71. The summed E-state index contributed by atoms with van der Waals surface area (Å²) in [5.41, 5.74) is 8.68. The first-order valence-corrected chi connectivity index (χ1v) is 9.14. The van der Waals surface area contributed by atoms with Gasteiger partial charge in [0.25, 0.3) is 0 Å². The lowest BCUT2D eigenvalue weighted by molar-refractivity contribution is 0.554. The fraction of sp³-hybridized carbons (Fsp3) is 0.333. The van der Waals surface area contributed by atoms with Gasteiger partial charge in [0.1, 0.15) is 0 Å². The Bertz CT molecular complexity index is 794. The fourth-order valence-electron chi connectivity index (χ4n) is 2.88. The molecular formula is C15H18N2O2S2. The molecule has 6 heteroatoms. The molecule has 3 N–H and O–H groups in total. The van der Waals surface area contributed by atoms with Crippen LogP contribution in [0.5, 0.6) is 0 Å². The van der Waals surface area contributed by atoms with E-state index in [2.05, 4.69) is 4.72 Å². The van der Waals surface area contributed by atoms with E-state index < -0.39 is 10.0 Å². The maximum absolute atomic E-state index is 12.6. The Hall–Kier alpha value is -1.37. The average molecular weight is 322 g/mol. The van der Waals surface area contributed by atoms with Gasteiger partial charge in [0.15, 0.2) is 0 Å². The van der Waals surface area contributed by atoms with Crippen molar-refractivity contribution in [3.05, 3.63) is 45.1 Å². The number of hydrogen-bond donors (Lipinski definition) is 2. The molecule has 21 heavy (non-hydrogen) atoms. The SMILES string of the molecule is Cc1cc(S(=O)(=O)NC2CCc3cc(N)ccc32)c(C)s1. The molecule has 0 amide bonds. The van der Waals surface area contributed by atoms with Crippen LogP contribution in [0.4, 0.5) is 5.69 Å². The van der Waals surface area contributed by atoms with Crippen molar-refractivity contribution >= 4 is 27.0 Å². The first-order valence-electron chi connectivity index (χ1n) is 6.84. The van der Waals surface area contributed by atoms with Gasteiger partial charge in [-0.1, -0.05) is 6.07 Å². The van der Waals surface area contributed by atoms with E-state index in [9.17, 15) is 8.42 Å². The van der Waals surface area contributed by atoms with Gasteiger partial charge in [-0.15, -0.1) is 11.3 Å². The first-order chi connectivity index (χ1) is 9.87. The van der Waals surface area contributed by atoms with E-state index in [4.69, 9.17) is 5.73 Å². The molecular weight excluding hydrogens is 304 g/mol. The van der Waals surface area contributed by atoms with Crippen LogP contribution in [0.15, 0.2) is 29.2 Å². The molecule has 1 aliphatic rings. The molecule has 0 aliphatic heterocycles. The molecule has 2 aromatic rings. The second-order valence-corrected chi connectivity index (χ2v) is 8.59. The minimum absolute atomic E-state index is 0.162. The van der Waals surface area contributed by atoms with E-state index in [-0.39, 0.29) is 6.04 Å². The van der Waals surface area contributed by atoms with E-state index in [0.29, 0.717) is 4.90 Å². The number of nitrogens with one attached hydrogen (secondary N) is 1. The second kappa shape index (κ2) is 5.12. The van der Waals surface area contributed by atoms with E-state index >= 15 is 0 Å². The van der Waals surface area contributed by atoms with Crippen molar-refractivity contribution in [3.8, 4) is 0 Å². The summed E-state index contributed by atoms with van der Waals surface area (Å²) in [7, 11) is -3.48. The normalized spacial score (nSPS) is 17.9. The molecule has 1 aromatic carbocycles. The highest BCUT2D eigenvalue weighted by Gasteiger charge is 2.28. The minimum Gasteiger partial charge on any atom is -0.399 e. The van der Waals surface area contributed by atoms with Crippen LogP contribution in [0.1, 0.15) is 33.3 Å². The maximum Gasteiger partial charge on any atom is 0.242 e. The third-order valence-corrected chi connectivity index (χ3v) is 6.52. The second-order valence-electron chi connectivity index (χ2n) is 5.45. The summed E-state index contributed by atoms with van der Waals surface area (Å²) in [4.78, 5) is 2.23. The molecule has 0 spiro atoms. The topological polar surface area (TPSA) is 72.2 Å². The van der Waals surface area contributed by atoms with Gasteiger partial charge in [0.05, 0.1) is 4.90 Å². The van der Waals surface area contributed by atoms with Crippen LogP contribution >= 0.6 is 11.3 Å². The number of hydrogen-bond acceptors (Lipinski definition) is 4. The number of sulfonamides is 1. The number of nitrogens with two attached hydrogens (primary N) is 1. The molecule has 1 aromatic heterocycles. The lowest BCUT2D eigenvalue weighted by Crippen LogP contribution is -2.27. The van der Waals surface area contributed by atoms with Crippen molar-refractivity contribution in [2.75, 3.05) is 5.73 Å². The van der Waals surface area contributed by atoms with Crippen LogP contribution in [0.25, 0.3) is 0 Å². The Labute approximate surface area is 129 Å². The average Bonchev–Trinajstić information content (AvgIpc) is 2.93. The largest absolute Gasteiger partial charge is 0.399 e. The number of benzene rings is 1. The van der Waals surface area contributed by atoms with E-state index in [1.54, 1.807) is 6.07 Å². The third-order valence-electron chi connectivity index (χ3n) is 3.83. The van der Waals surface area contributed by atoms with Crippen molar-refractivity contribution < 1.29 is 8.42 Å².